The van der Waals surface area contributed by atoms with Gasteiger partial charge in [-0.3, -0.25) is 9.08 Å². The number of nitrogens with zero attached hydrogens (tertiary/aromatic N) is 5. The van der Waals surface area contributed by atoms with Crippen LogP contribution in [0.3, 0.4) is 0 Å². The maximum absolute atomic E-state index is 14.5. The number of anilines is 1. The van der Waals surface area contributed by atoms with E-state index >= 15 is 0 Å². The molecule has 8 heteroatoms. The third kappa shape index (κ3) is 2.96. The van der Waals surface area contributed by atoms with Crippen LogP contribution in [0.4, 0.5) is 10.3 Å². The Bertz CT molecular complexity index is 1360. The van der Waals surface area contributed by atoms with E-state index in [0.29, 0.717) is 18.1 Å². The van der Waals surface area contributed by atoms with Crippen molar-refractivity contribution in [2.24, 2.45) is 7.05 Å². The monoisotopic (exact) mass is 406 g/mol. The molecular weight excluding hydrogens is 387 g/mol. The molecule has 0 aliphatic carbocycles. The lowest BCUT2D eigenvalue weighted by atomic mass is 10.1. The molecule has 6 nitrogen and oxygen atoms in total. The Morgan fingerprint density at radius 1 is 1.17 bits per heavy atom. The molecule has 0 saturated heterocycles. The van der Waals surface area contributed by atoms with Crippen LogP contribution in [0.25, 0.3) is 27.0 Å². The van der Waals surface area contributed by atoms with Gasteiger partial charge in [0.2, 0.25) is 5.95 Å². The number of rotatable bonds is 4. The van der Waals surface area contributed by atoms with Crippen LogP contribution in [0.15, 0.2) is 42.0 Å². The van der Waals surface area contributed by atoms with Crippen LogP contribution >= 0.6 is 11.3 Å². The highest BCUT2D eigenvalue weighted by atomic mass is 32.1. The molecule has 0 fully saturated rings. The van der Waals surface area contributed by atoms with Gasteiger partial charge in [-0.15, -0.1) is 11.3 Å². The van der Waals surface area contributed by atoms with Crippen molar-refractivity contribution in [3.8, 4) is 11.3 Å². The summed E-state index contributed by atoms with van der Waals surface area (Å²) in [5, 5.41) is 10.6. The fraction of sp³-hybridized carbons (Fsp3) is 0.190. The van der Waals surface area contributed by atoms with Crippen molar-refractivity contribution in [1.29, 1.82) is 0 Å². The Labute approximate surface area is 170 Å². The third-order valence-electron chi connectivity index (χ3n) is 5.00. The lowest BCUT2D eigenvalue weighted by molar-refractivity contribution is 0.615. The summed E-state index contributed by atoms with van der Waals surface area (Å²) in [7, 11) is 1.91. The molecule has 0 spiro atoms. The van der Waals surface area contributed by atoms with Crippen molar-refractivity contribution in [2.75, 3.05) is 5.32 Å². The van der Waals surface area contributed by atoms with Gasteiger partial charge < -0.3 is 5.32 Å². The minimum Gasteiger partial charge on any atom is -0.351 e. The predicted molar refractivity (Wildman–Crippen MR) is 114 cm³/mol. The van der Waals surface area contributed by atoms with E-state index in [1.807, 2.05) is 59.8 Å². The first kappa shape index (κ1) is 17.8. The molecule has 4 heterocycles. The van der Waals surface area contributed by atoms with Crippen LogP contribution in [0.5, 0.6) is 0 Å². The first-order valence-corrected chi connectivity index (χ1v) is 10.1. The van der Waals surface area contributed by atoms with Crippen molar-refractivity contribution in [1.82, 2.24) is 24.1 Å². The van der Waals surface area contributed by atoms with E-state index in [1.54, 1.807) is 17.5 Å². The normalized spacial score (nSPS) is 11.6. The van der Waals surface area contributed by atoms with E-state index in [9.17, 15) is 4.39 Å². The highest BCUT2D eigenvalue weighted by Crippen LogP contribution is 2.29. The van der Waals surface area contributed by atoms with E-state index in [4.69, 9.17) is 0 Å². The van der Waals surface area contributed by atoms with E-state index in [2.05, 4.69) is 20.4 Å². The van der Waals surface area contributed by atoms with Crippen LogP contribution in [0.1, 0.15) is 17.0 Å². The fourth-order valence-electron chi connectivity index (χ4n) is 3.69. The average Bonchev–Trinajstić information content (AvgIpc) is 3.38. The largest absolute Gasteiger partial charge is 0.351 e. The van der Waals surface area contributed by atoms with E-state index in [-0.39, 0.29) is 5.82 Å². The van der Waals surface area contributed by atoms with Crippen molar-refractivity contribution in [3.05, 3.63) is 64.8 Å². The molecule has 0 aliphatic rings. The summed E-state index contributed by atoms with van der Waals surface area (Å²) in [5.74, 6) is 0.401. The number of halogens is 1. The highest BCUT2D eigenvalue weighted by Gasteiger charge is 2.16. The molecule has 1 N–H and O–H groups in total. The van der Waals surface area contributed by atoms with Crippen molar-refractivity contribution in [2.45, 2.75) is 20.4 Å². The summed E-state index contributed by atoms with van der Waals surface area (Å²) in [6.07, 6.45) is 3.72. The van der Waals surface area contributed by atoms with Crippen LogP contribution in [0, 0.1) is 19.7 Å². The standard InChI is InChI=1S/C21H19FN6S/c1-12-8-18(27(3)26-12)16-10-24-21(28-11-13(2)25-20(16)28)23-9-15-14-6-7-29-19(14)5-4-17(15)22/h4-8,10-11H,9H2,1-3H3,(H,23,24). The van der Waals surface area contributed by atoms with Crippen LogP contribution in [-0.2, 0) is 13.6 Å². The Kier molecular flexibility index (Phi) is 4.09. The lowest BCUT2D eigenvalue weighted by Gasteiger charge is -2.12. The number of nitrogens with one attached hydrogen (secondary N) is 1. The highest BCUT2D eigenvalue weighted by molar-refractivity contribution is 7.17. The first-order valence-electron chi connectivity index (χ1n) is 9.25. The summed E-state index contributed by atoms with van der Waals surface area (Å²) in [4.78, 5) is 9.29. The Balaban J connectivity index is 1.56. The second-order valence-corrected chi connectivity index (χ2v) is 8.03. The van der Waals surface area contributed by atoms with Gasteiger partial charge >= 0.3 is 0 Å². The minimum absolute atomic E-state index is 0.219. The number of fused-ring (bicyclic) bond motifs is 2. The van der Waals surface area contributed by atoms with Crippen molar-refractivity contribution < 1.29 is 4.39 Å². The SMILES string of the molecule is Cc1cn2c(NCc3c(F)ccc4sccc34)ncc(-c3cc(C)nn3C)c2n1. The lowest BCUT2D eigenvalue weighted by Crippen LogP contribution is -2.08. The van der Waals surface area contributed by atoms with Crippen LogP contribution in [0.2, 0.25) is 0 Å². The molecule has 5 rings (SSSR count). The minimum atomic E-state index is -0.219. The van der Waals surface area contributed by atoms with Gasteiger partial charge in [-0.25, -0.2) is 14.4 Å². The van der Waals surface area contributed by atoms with Gasteiger partial charge in [0.1, 0.15) is 5.82 Å². The van der Waals surface area contributed by atoms with Gasteiger partial charge in [0.05, 0.1) is 22.6 Å². The third-order valence-corrected chi connectivity index (χ3v) is 5.88. The average molecular weight is 406 g/mol. The molecule has 0 amide bonds. The number of thiophene rings is 1. The molecule has 0 atom stereocenters. The maximum atomic E-state index is 14.5. The predicted octanol–water partition coefficient (Wildman–Crippen LogP) is 4.71. The van der Waals surface area contributed by atoms with Crippen LogP contribution in [-0.4, -0.2) is 24.1 Å². The van der Waals surface area contributed by atoms with E-state index in [0.717, 1.165) is 38.4 Å². The maximum Gasteiger partial charge on any atom is 0.208 e. The van der Waals surface area contributed by atoms with Gasteiger partial charge in [0.25, 0.3) is 0 Å². The topological polar surface area (TPSA) is 60.0 Å². The number of aryl methyl sites for hydroxylation is 3. The summed E-state index contributed by atoms with van der Waals surface area (Å²) < 4.78 is 19.3. The second-order valence-electron chi connectivity index (χ2n) is 7.08. The summed E-state index contributed by atoms with van der Waals surface area (Å²) in [6.45, 7) is 4.24. The van der Waals surface area contributed by atoms with Gasteiger partial charge in [-0.05, 0) is 43.5 Å². The molecule has 5 aromatic rings. The Morgan fingerprint density at radius 2 is 2.03 bits per heavy atom. The number of hydrogen-bond acceptors (Lipinski definition) is 5. The molecule has 0 saturated carbocycles. The smallest absolute Gasteiger partial charge is 0.208 e. The molecule has 146 valence electrons. The molecule has 1 aromatic carbocycles. The zero-order chi connectivity index (χ0) is 20.1. The Hall–Kier alpha value is -3.26. The fourth-order valence-corrected chi connectivity index (χ4v) is 4.51. The Morgan fingerprint density at radius 3 is 2.83 bits per heavy atom. The molecule has 0 bridgehead atoms. The second kappa shape index (κ2) is 6.66. The quantitative estimate of drug-likeness (QED) is 0.469. The molecule has 0 unspecified atom stereocenters. The van der Waals surface area contributed by atoms with Crippen molar-refractivity contribution >= 4 is 33.0 Å². The summed E-state index contributed by atoms with van der Waals surface area (Å²) in [6, 6.07) is 7.31. The zero-order valence-corrected chi connectivity index (χ0v) is 17.1. The summed E-state index contributed by atoms with van der Waals surface area (Å²) in [5.41, 5.74) is 5.10. The molecule has 0 radical (unpaired) electrons. The molecule has 4 aromatic heterocycles. The number of imidazole rings is 1. The molecular formula is C21H19FN6S. The van der Waals surface area contributed by atoms with E-state index < -0.39 is 0 Å². The van der Waals surface area contributed by atoms with E-state index in [1.165, 1.54) is 6.07 Å². The number of benzene rings is 1. The molecule has 0 aliphatic heterocycles. The first-order chi connectivity index (χ1) is 14.0. The number of hydrogen-bond donors (Lipinski definition) is 1. The molecule has 29 heavy (non-hydrogen) atoms. The van der Waals surface area contributed by atoms with Gasteiger partial charge in [-0.2, -0.15) is 5.10 Å². The van der Waals surface area contributed by atoms with Crippen molar-refractivity contribution in [3.63, 3.8) is 0 Å². The summed E-state index contributed by atoms with van der Waals surface area (Å²) >= 11 is 1.61. The van der Waals surface area contributed by atoms with Gasteiger partial charge in [-0.1, -0.05) is 0 Å². The zero-order valence-electron chi connectivity index (χ0n) is 16.3. The van der Waals surface area contributed by atoms with Gasteiger partial charge in [0, 0.05) is 41.6 Å². The van der Waals surface area contributed by atoms with Crippen LogP contribution < -0.4 is 5.32 Å². The van der Waals surface area contributed by atoms with Gasteiger partial charge in [0.15, 0.2) is 5.65 Å². The number of aromatic nitrogens is 5.